The molecule has 1 aromatic carbocycles. The van der Waals surface area contributed by atoms with Crippen molar-refractivity contribution in [1.82, 2.24) is 0 Å². The number of hydrogen-bond donors (Lipinski definition) is 3. The Bertz CT molecular complexity index is 600. The first kappa shape index (κ1) is 22.3. The minimum Gasteiger partial charge on any atom is -0.480 e. The van der Waals surface area contributed by atoms with E-state index in [0.29, 0.717) is 0 Å². The van der Waals surface area contributed by atoms with E-state index in [-0.39, 0.29) is 12.2 Å². The summed E-state index contributed by atoms with van der Waals surface area (Å²) in [7, 11) is 0. The molecule has 0 aliphatic heterocycles. The SMILES string of the molecule is N[C@@H](CC(=O)/C=C/CCc1ccccc1)C(=O)O.O=C(O)C(F)(F)F. The highest BCUT2D eigenvalue weighted by Crippen LogP contribution is 2.13. The number of alkyl halides is 3. The molecule has 0 unspecified atom stereocenters. The Morgan fingerprint density at radius 1 is 1.12 bits per heavy atom. The topological polar surface area (TPSA) is 118 Å². The number of ketones is 1. The summed E-state index contributed by atoms with van der Waals surface area (Å²) in [6, 6.07) is 8.82. The molecular formula is C16H18F3NO5. The van der Waals surface area contributed by atoms with Gasteiger partial charge in [0.05, 0.1) is 0 Å². The van der Waals surface area contributed by atoms with Crippen molar-refractivity contribution in [3.63, 3.8) is 0 Å². The summed E-state index contributed by atoms with van der Waals surface area (Å²) in [5, 5.41) is 15.7. The lowest BCUT2D eigenvalue weighted by atomic mass is 10.1. The summed E-state index contributed by atoms with van der Waals surface area (Å²) in [4.78, 5) is 30.7. The first-order chi connectivity index (χ1) is 11.5. The van der Waals surface area contributed by atoms with Gasteiger partial charge in [-0.3, -0.25) is 9.59 Å². The lowest BCUT2D eigenvalue weighted by Gasteiger charge is -2.01. The van der Waals surface area contributed by atoms with Crippen LogP contribution in [0, 0.1) is 0 Å². The Morgan fingerprint density at radius 2 is 1.64 bits per heavy atom. The van der Waals surface area contributed by atoms with Gasteiger partial charge in [-0.15, -0.1) is 0 Å². The van der Waals surface area contributed by atoms with Crippen LogP contribution < -0.4 is 5.73 Å². The van der Waals surface area contributed by atoms with Crippen LogP contribution in [0.1, 0.15) is 18.4 Å². The second-order valence-electron chi connectivity index (χ2n) is 4.84. The maximum atomic E-state index is 11.3. The number of hydrogen-bond acceptors (Lipinski definition) is 4. The standard InChI is InChI=1S/C14H17NO3.C2HF3O2/c15-13(14(17)18)10-12(16)9-5-4-8-11-6-2-1-3-7-11;3-2(4,5)1(6)7/h1-3,5-7,9,13H,4,8,10,15H2,(H,17,18);(H,6,7)/b9-5+;/t13-;/m0./s1. The van der Waals surface area contributed by atoms with Gasteiger partial charge in [0.2, 0.25) is 0 Å². The molecule has 0 aliphatic rings. The van der Waals surface area contributed by atoms with Crippen LogP contribution in [0.25, 0.3) is 0 Å². The lowest BCUT2D eigenvalue weighted by molar-refractivity contribution is -0.192. The number of carboxylic acids is 2. The molecule has 0 aliphatic carbocycles. The molecule has 6 nitrogen and oxygen atoms in total. The van der Waals surface area contributed by atoms with E-state index < -0.39 is 24.2 Å². The van der Waals surface area contributed by atoms with Gasteiger partial charge in [-0.2, -0.15) is 13.2 Å². The fourth-order valence-electron chi connectivity index (χ4n) is 1.48. The van der Waals surface area contributed by atoms with Crippen LogP contribution in [0.4, 0.5) is 13.2 Å². The maximum Gasteiger partial charge on any atom is 0.490 e. The first-order valence-electron chi connectivity index (χ1n) is 7.05. The van der Waals surface area contributed by atoms with Crippen LogP contribution in [0.2, 0.25) is 0 Å². The first-order valence-corrected chi connectivity index (χ1v) is 7.05. The van der Waals surface area contributed by atoms with E-state index in [1.165, 1.54) is 11.6 Å². The molecule has 138 valence electrons. The number of carbonyl (C=O) groups is 3. The zero-order valence-corrected chi connectivity index (χ0v) is 13.1. The molecular weight excluding hydrogens is 343 g/mol. The number of benzene rings is 1. The van der Waals surface area contributed by atoms with Gasteiger partial charge in [0.15, 0.2) is 5.78 Å². The molecule has 1 atom stereocenters. The highest BCUT2D eigenvalue weighted by molar-refractivity contribution is 5.93. The molecule has 0 fully saturated rings. The van der Waals surface area contributed by atoms with Crippen molar-refractivity contribution >= 4 is 17.7 Å². The number of aliphatic carboxylic acids is 2. The van der Waals surface area contributed by atoms with Crippen molar-refractivity contribution in [3.05, 3.63) is 48.0 Å². The van der Waals surface area contributed by atoms with E-state index in [1.54, 1.807) is 6.08 Å². The summed E-state index contributed by atoms with van der Waals surface area (Å²) in [5.74, 6) is -4.16. The number of carbonyl (C=O) groups excluding carboxylic acids is 1. The van der Waals surface area contributed by atoms with E-state index in [4.69, 9.17) is 20.7 Å². The van der Waals surface area contributed by atoms with Gasteiger partial charge in [-0.25, -0.2) is 4.79 Å². The van der Waals surface area contributed by atoms with Crippen LogP contribution in [0.5, 0.6) is 0 Å². The molecule has 4 N–H and O–H groups in total. The molecule has 0 radical (unpaired) electrons. The second kappa shape index (κ2) is 11.0. The minimum atomic E-state index is -5.08. The zero-order valence-electron chi connectivity index (χ0n) is 13.1. The molecule has 1 rings (SSSR count). The fourth-order valence-corrected chi connectivity index (χ4v) is 1.48. The van der Waals surface area contributed by atoms with Gasteiger partial charge in [0.25, 0.3) is 0 Å². The Hall–Kier alpha value is -2.68. The lowest BCUT2D eigenvalue weighted by Crippen LogP contribution is -2.32. The molecule has 0 spiro atoms. The van der Waals surface area contributed by atoms with Crippen LogP contribution in [0.3, 0.4) is 0 Å². The number of rotatable bonds is 7. The van der Waals surface area contributed by atoms with Crippen LogP contribution in [0.15, 0.2) is 42.5 Å². The summed E-state index contributed by atoms with van der Waals surface area (Å²) in [6.07, 6.45) is -0.472. The Balaban J connectivity index is 0.000000697. The van der Waals surface area contributed by atoms with E-state index in [9.17, 15) is 22.8 Å². The average Bonchev–Trinajstić information content (AvgIpc) is 2.52. The third-order valence-corrected chi connectivity index (χ3v) is 2.73. The van der Waals surface area contributed by atoms with Crippen molar-refractivity contribution < 1.29 is 37.8 Å². The molecule has 0 bridgehead atoms. The van der Waals surface area contributed by atoms with Crippen LogP contribution in [-0.2, 0) is 20.8 Å². The van der Waals surface area contributed by atoms with E-state index in [0.717, 1.165) is 12.8 Å². The smallest absolute Gasteiger partial charge is 0.480 e. The third kappa shape index (κ3) is 11.5. The summed E-state index contributed by atoms with van der Waals surface area (Å²) < 4.78 is 31.7. The second-order valence-corrected chi connectivity index (χ2v) is 4.84. The Labute approximate surface area is 141 Å². The molecule has 0 heterocycles. The van der Waals surface area contributed by atoms with Crippen molar-refractivity contribution in [2.24, 2.45) is 5.73 Å². The molecule has 9 heteroatoms. The Kier molecular flexibility index (Phi) is 9.80. The number of allylic oxidation sites excluding steroid dienone is 2. The van der Waals surface area contributed by atoms with Crippen molar-refractivity contribution in [2.75, 3.05) is 0 Å². The third-order valence-electron chi connectivity index (χ3n) is 2.73. The zero-order chi connectivity index (χ0) is 19.5. The normalized spacial score (nSPS) is 12.2. The molecule has 0 amide bonds. The predicted octanol–water partition coefficient (Wildman–Crippen LogP) is 2.18. The number of halogens is 3. The monoisotopic (exact) mass is 361 g/mol. The quantitative estimate of drug-likeness (QED) is 0.641. The van der Waals surface area contributed by atoms with Crippen molar-refractivity contribution in [3.8, 4) is 0 Å². The number of carboxylic acid groups (broad SMARTS) is 2. The highest BCUT2D eigenvalue weighted by atomic mass is 19.4. The van der Waals surface area contributed by atoms with Gasteiger partial charge in [0, 0.05) is 6.42 Å². The highest BCUT2D eigenvalue weighted by Gasteiger charge is 2.38. The van der Waals surface area contributed by atoms with Crippen LogP contribution >= 0.6 is 0 Å². The minimum absolute atomic E-state index is 0.156. The van der Waals surface area contributed by atoms with Crippen molar-refractivity contribution in [1.29, 1.82) is 0 Å². The van der Waals surface area contributed by atoms with E-state index in [2.05, 4.69) is 0 Å². The molecule has 0 saturated heterocycles. The summed E-state index contributed by atoms with van der Waals surface area (Å²) in [5.41, 5.74) is 6.46. The van der Waals surface area contributed by atoms with E-state index in [1.807, 2.05) is 30.3 Å². The van der Waals surface area contributed by atoms with Crippen molar-refractivity contribution in [2.45, 2.75) is 31.5 Å². The Morgan fingerprint density at radius 3 is 2.08 bits per heavy atom. The van der Waals surface area contributed by atoms with Gasteiger partial charge in [-0.05, 0) is 24.5 Å². The average molecular weight is 361 g/mol. The fraction of sp³-hybridized carbons (Fsp3) is 0.312. The molecule has 1 aromatic rings. The molecule has 25 heavy (non-hydrogen) atoms. The van der Waals surface area contributed by atoms with Gasteiger partial charge >= 0.3 is 18.1 Å². The predicted molar refractivity (Wildman–Crippen MR) is 82.8 cm³/mol. The molecule has 0 aromatic heterocycles. The summed E-state index contributed by atoms with van der Waals surface area (Å²) in [6.45, 7) is 0. The number of nitrogens with two attached hydrogens (primary N) is 1. The van der Waals surface area contributed by atoms with Gasteiger partial charge < -0.3 is 15.9 Å². The van der Waals surface area contributed by atoms with Crippen LogP contribution in [-0.4, -0.2) is 40.2 Å². The summed E-state index contributed by atoms with van der Waals surface area (Å²) >= 11 is 0. The maximum absolute atomic E-state index is 11.3. The van der Waals surface area contributed by atoms with Gasteiger partial charge in [-0.1, -0.05) is 36.4 Å². The van der Waals surface area contributed by atoms with Gasteiger partial charge in [0.1, 0.15) is 6.04 Å². The number of aryl methyl sites for hydroxylation is 1. The van der Waals surface area contributed by atoms with E-state index >= 15 is 0 Å². The largest absolute Gasteiger partial charge is 0.490 e. The molecule has 0 saturated carbocycles.